The molecule has 0 saturated carbocycles. The van der Waals surface area contributed by atoms with Crippen LogP contribution in [0.1, 0.15) is 35.3 Å². The van der Waals surface area contributed by atoms with E-state index in [2.05, 4.69) is 32.7 Å². The maximum absolute atomic E-state index is 12.0. The van der Waals surface area contributed by atoms with Gasteiger partial charge in [-0.2, -0.15) is 0 Å². The van der Waals surface area contributed by atoms with Crippen molar-refractivity contribution < 1.29 is 4.79 Å². The Bertz CT molecular complexity index is 655. The Balaban J connectivity index is 0.00000208. The molecule has 1 aliphatic heterocycles. The smallest absolute Gasteiger partial charge is 0.275 e. The summed E-state index contributed by atoms with van der Waals surface area (Å²) in [4.78, 5) is 19.9. The van der Waals surface area contributed by atoms with E-state index in [1.54, 1.807) is 0 Å². The zero-order valence-corrected chi connectivity index (χ0v) is 14.7. The molecule has 2 aromatic rings. The lowest BCUT2D eigenvalue weighted by Crippen LogP contribution is -2.21. The minimum Gasteiger partial charge on any atom is -0.321 e. The van der Waals surface area contributed by atoms with E-state index in [1.165, 1.54) is 30.8 Å². The number of amides is 1. The number of aromatic nitrogens is 2. The van der Waals surface area contributed by atoms with E-state index >= 15 is 0 Å². The van der Waals surface area contributed by atoms with Gasteiger partial charge in [0.15, 0.2) is 0 Å². The van der Waals surface area contributed by atoms with E-state index in [0.717, 1.165) is 25.1 Å². The Hall–Kier alpha value is -1.69. The second-order valence-corrected chi connectivity index (χ2v) is 6.09. The molecular weight excluding hydrogens is 347 g/mol. The third-order valence-electron chi connectivity index (χ3n) is 4.01. The summed E-state index contributed by atoms with van der Waals surface area (Å²) >= 11 is 5.66. The lowest BCUT2D eigenvalue weighted by atomic mass is 10.0. The monoisotopic (exact) mass is 366 g/mol. The van der Waals surface area contributed by atoms with E-state index in [-0.39, 0.29) is 29.2 Å². The van der Waals surface area contributed by atoms with Crippen molar-refractivity contribution in [2.24, 2.45) is 0 Å². The number of nitrogens with zero attached hydrogens (tertiary/aromatic N) is 2. The first-order chi connectivity index (χ1) is 11.2. The van der Waals surface area contributed by atoms with Crippen LogP contribution < -0.4 is 10.6 Å². The summed E-state index contributed by atoms with van der Waals surface area (Å²) in [5, 5.41) is 6.58. The highest BCUT2D eigenvalue weighted by Gasteiger charge is 2.13. The van der Waals surface area contributed by atoms with Gasteiger partial charge in [0.25, 0.3) is 5.91 Å². The molecule has 24 heavy (non-hydrogen) atoms. The fraction of sp³-hybridized carbons (Fsp3) is 0.353. The number of anilines is 1. The zero-order chi connectivity index (χ0) is 16.1. The van der Waals surface area contributed by atoms with Crippen molar-refractivity contribution in [1.29, 1.82) is 0 Å². The Morgan fingerprint density at radius 2 is 2.04 bits per heavy atom. The Labute approximate surface area is 152 Å². The fourth-order valence-electron chi connectivity index (χ4n) is 2.72. The standard InChI is InChI=1S/C17H19ClN4O.ClH/c18-16-11-20-15(10-21-16)17(23)22-14-7-4-12(5-8-14)3-6-13-2-1-9-19-13;/h4-5,7-8,10-11,13,19H,1-3,6,9H2,(H,22,23);1H. The quantitative estimate of drug-likeness (QED) is 0.849. The number of hydrogen-bond acceptors (Lipinski definition) is 4. The Morgan fingerprint density at radius 1 is 1.25 bits per heavy atom. The second-order valence-electron chi connectivity index (χ2n) is 5.71. The highest BCUT2D eigenvalue weighted by Crippen LogP contribution is 2.15. The normalized spacial score (nSPS) is 16.5. The summed E-state index contributed by atoms with van der Waals surface area (Å²) in [5.41, 5.74) is 2.27. The van der Waals surface area contributed by atoms with E-state index in [4.69, 9.17) is 11.6 Å². The molecule has 1 atom stereocenters. The maximum atomic E-state index is 12.0. The third kappa shape index (κ3) is 5.16. The second kappa shape index (κ2) is 8.97. The molecule has 1 aliphatic rings. The molecule has 2 N–H and O–H groups in total. The predicted molar refractivity (Wildman–Crippen MR) is 98.0 cm³/mol. The molecular formula is C17H20Cl2N4O. The van der Waals surface area contributed by atoms with Gasteiger partial charge in [0.2, 0.25) is 0 Å². The predicted octanol–water partition coefficient (Wildman–Crippen LogP) is 3.49. The number of nitrogens with one attached hydrogen (secondary N) is 2. The highest BCUT2D eigenvalue weighted by atomic mass is 35.5. The third-order valence-corrected chi connectivity index (χ3v) is 4.20. The van der Waals surface area contributed by atoms with Gasteiger partial charge in [-0.15, -0.1) is 12.4 Å². The van der Waals surface area contributed by atoms with Gasteiger partial charge in [-0.3, -0.25) is 4.79 Å². The van der Waals surface area contributed by atoms with Crippen LogP contribution in [0.2, 0.25) is 5.15 Å². The molecule has 1 aromatic carbocycles. The summed E-state index contributed by atoms with van der Waals surface area (Å²) in [6.07, 6.45) is 7.48. The summed E-state index contributed by atoms with van der Waals surface area (Å²) < 4.78 is 0. The fourth-order valence-corrected chi connectivity index (χ4v) is 2.82. The number of carbonyl (C=O) groups is 1. The molecule has 1 aromatic heterocycles. The van der Waals surface area contributed by atoms with E-state index in [1.807, 2.05) is 12.1 Å². The van der Waals surface area contributed by atoms with Crippen LogP contribution in [0.4, 0.5) is 5.69 Å². The SMILES string of the molecule is Cl.O=C(Nc1ccc(CCC2CCCN2)cc1)c1cnc(Cl)cn1. The van der Waals surface area contributed by atoms with Crippen molar-refractivity contribution in [1.82, 2.24) is 15.3 Å². The van der Waals surface area contributed by atoms with Crippen LogP contribution >= 0.6 is 24.0 Å². The van der Waals surface area contributed by atoms with Gasteiger partial charge in [-0.1, -0.05) is 23.7 Å². The molecule has 2 heterocycles. The lowest BCUT2D eigenvalue weighted by molar-refractivity contribution is 0.102. The van der Waals surface area contributed by atoms with Crippen LogP contribution in [0.15, 0.2) is 36.7 Å². The number of aryl methyl sites for hydroxylation is 1. The van der Waals surface area contributed by atoms with Crippen molar-refractivity contribution in [3.63, 3.8) is 0 Å². The molecule has 0 radical (unpaired) electrons. The first-order valence-electron chi connectivity index (χ1n) is 7.82. The maximum Gasteiger partial charge on any atom is 0.275 e. The van der Waals surface area contributed by atoms with Gasteiger partial charge in [0, 0.05) is 11.7 Å². The van der Waals surface area contributed by atoms with Gasteiger partial charge in [0.1, 0.15) is 10.8 Å². The zero-order valence-electron chi connectivity index (χ0n) is 13.2. The number of hydrogen-bond donors (Lipinski definition) is 2. The van der Waals surface area contributed by atoms with Crippen molar-refractivity contribution in [2.75, 3.05) is 11.9 Å². The van der Waals surface area contributed by atoms with Gasteiger partial charge < -0.3 is 10.6 Å². The Kier molecular flexibility index (Phi) is 6.97. The van der Waals surface area contributed by atoms with Crippen LogP contribution in [0.5, 0.6) is 0 Å². The average Bonchev–Trinajstić information content (AvgIpc) is 3.08. The summed E-state index contributed by atoms with van der Waals surface area (Å²) in [6, 6.07) is 8.59. The van der Waals surface area contributed by atoms with E-state index in [9.17, 15) is 4.79 Å². The van der Waals surface area contributed by atoms with Gasteiger partial charge in [-0.05, 0) is 49.9 Å². The number of halogens is 2. The number of carbonyl (C=O) groups excluding carboxylic acids is 1. The summed E-state index contributed by atoms with van der Waals surface area (Å²) in [5.74, 6) is -0.294. The first-order valence-corrected chi connectivity index (χ1v) is 8.20. The van der Waals surface area contributed by atoms with E-state index in [0.29, 0.717) is 6.04 Å². The van der Waals surface area contributed by atoms with Gasteiger partial charge >= 0.3 is 0 Å². The lowest BCUT2D eigenvalue weighted by Gasteiger charge is -2.10. The van der Waals surface area contributed by atoms with Crippen LogP contribution in [0.3, 0.4) is 0 Å². The highest BCUT2D eigenvalue weighted by molar-refractivity contribution is 6.29. The molecule has 0 aliphatic carbocycles. The molecule has 1 saturated heterocycles. The molecule has 7 heteroatoms. The van der Waals surface area contributed by atoms with Crippen LogP contribution in [0.25, 0.3) is 0 Å². The molecule has 0 bridgehead atoms. The minimum absolute atomic E-state index is 0. The average molecular weight is 367 g/mol. The molecule has 128 valence electrons. The largest absolute Gasteiger partial charge is 0.321 e. The van der Waals surface area contributed by atoms with Crippen molar-refractivity contribution in [3.8, 4) is 0 Å². The minimum atomic E-state index is -0.294. The molecule has 5 nitrogen and oxygen atoms in total. The van der Waals surface area contributed by atoms with Gasteiger partial charge in [-0.25, -0.2) is 9.97 Å². The van der Waals surface area contributed by atoms with Crippen LogP contribution in [-0.4, -0.2) is 28.5 Å². The van der Waals surface area contributed by atoms with Crippen molar-refractivity contribution in [3.05, 3.63) is 53.1 Å². The summed E-state index contributed by atoms with van der Waals surface area (Å²) in [7, 11) is 0. The van der Waals surface area contributed by atoms with Gasteiger partial charge in [0.05, 0.1) is 12.4 Å². The topological polar surface area (TPSA) is 66.9 Å². The molecule has 0 spiro atoms. The van der Waals surface area contributed by atoms with E-state index < -0.39 is 0 Å². The number of rotatable bonds is 5. The summed E-state index contributed by atoms with van der Waals surface area (Å²) in [6.45, 7) is 1.14. The molecule has 1 fully saturated rings. The van der Waals surface area contributed by atoms with Crippen molar-refractivity contribution >= 4 is 35.6 Å². The Morgan fingerprint density at radius 3 is 2.67 bits per heavy atom. The van der Waals surface area contributed by atoms with Crippen LogP contribution in [-0.2, 0) is 6.42 Å². The molecule has 1 amide bonds. The molecule has 3 rings (SSSR count). The van der Waals surface area contributed by atoms with Crippen LogP contribution in [0, 0.1) is 0 Å². The molecule has 1 unspecified atom stereocenters. The number of benzene rings is 1. The first kappa shape index (κ1) is 18.6. The van der Waals surface area contributed by atoms with Crippen molar-refractivity contribution in [2.45, 2.75) is 31.7 Å².